The second-order valence-electron chi connectivity index (χ2n) is 9.55. The summed E-state index contributed by atoms with van der Waals surface area (Å²) in [6.45, 7) is 2.75. The molecule has 1 saturated heterocycles. The van der Waals surface area contributed by atoms with Gasteiger partial charge in [-0.15, -0.1) is 0 Å². The van der Waals surface area contributed by atoms with Gasteiger partial charge in [0.1, 0.15) is 6.61 Å². The average Bonchev–Trinajstić information content (AvgIpc) is 2.78. The lowest BCUT2D eigenvalue weighted by Crippen LogP contribution is -2.47. The normalized spacial score (nSPS) is 25.1. The van der Waals surface area contributed by atoms with Crippen LogP contribution in [0.25, 0.3) is 0 Å². The first kappa shape index (κ1) is 22.4. The maximum atomic E-state index is 11.6. The van der Waals surface area contributed by atoms with E-state index in [9.17, 15) is 15.3 Å². The number of allylic oxidation sites excluding steroid dienone is 2. The van der Waals surface area contributed by atoms with Crippen molar-refractivity contribution in [3.8, 4) is 11.5 Å². The minimum atomic E-state index is -0.771. The lowest BCUT2D eigenvalue weighted by Gasteiger charge is -2.43. The standard InChI is InChI=1S/C26H37NO4/c28-22-10-7-15-27(17-22)18-23(26(30)13-5-2-6-14-26)21-11-12-25(24(29)16-21)31-19-20-8-3-1-4-9-20/h3,8-9,11-12,16,22-23,28-30H,1-2,4-7,10,13-15,17-19H2/t22-,23?/m1/s1. The van der Waals surface area contributed by atoms with Crippen molar-refractivity contribution in [2.75, 3.05) is 26.2 Å². The fourth-order valence-electron chi connectivity index (χ4n) is 5.36. The van der Waals surface area contributed by atoms with Gasteiger partial charge in [-0.25, -0.2) is 0 Å². The number of hydrogen-bond donors (Lipinski definition) is 3. The van der Waals surface area contributed by atoms with E-state index in [1.165, 1.54) is 6.42 Å². The minimum absolute atomic E-state index is 0.0953. The smallest absolute Gasteiger partial charge is 0.161 e. The Morgan fingerprint density at radius 1 is 1.13 bits per heavy atom. The van der Waals surface area contributed by atoms with Gasteiger partial charge in [0, 0.05) is 19.0 Å². The van der Waals surface area contributed by atoms with Crippen LogP contribution in [0.3, 0.4) is 0 Å². The van der Waals surface area contributed by atoms with Gasteiger partial charge in [-0.2, -0.15) is 0 Å². The van der Waals surface area contributed by atoms with Crippen molar-refractivity contribution in [3.05, 3.63) is 47.6 Å². The van der Waals surface area contributed by atoms with Gasteiger partial charge < -0.3 is 25.0 Å². The summed E-state index contributed by atoms with van der Waals surface area (Å²) in [7, 11) is 0. The first-order valence-electron chi connectivity index (χ1n) is 12.0. The third-order valence-corrected chi connectivity index (χ3v) is 7.14. The molecule has 2 fully saturated rings. The van der Waals surface area contributed by atoms with Gasteiger partial charge in [-0.3, -0.25) is 0 Å². The van der Waals surface area contributed by atoms with Crippen molar-refractivity contribution in [1.82, 2.24) is 4.90 Å². The largest absolute Gasteiger partial charge is 0.504 e. The Labute approximate surface area is 186 Å². The molecule has 1 aromatic carbocycles. The molecule has 1 aromatic rings. The number of piperidine rings is 1. The van der Waals surface area contributed by atoms with Crippen LogP contribution in [0.5, 0.6) is 11.5 Å². The number of nitrogens with zero attached hydrogens (tertiary/aromatic N) is 1. The van der Waals surface area contributed by atoms with E-state index >= 15 is 0 Å². The van der Waals surface area contributed by atoms with Gasteiger partial charge in [0.2, 0.25) is 0 Å². The number of benzene rings is 1. The van der Waals surface area contributed by atoms with E-state index in [-0.39, 0.29) is 17.8 Å². The van der Waals surface area contributed by atoms with Crippen molar-refractivity contribution in [2.45, 2.75) is 75.4 Å². The molecule has 2 atom stereocenters. The molecule has 0 spiro atoms. The summed E-state index contributed by atoms with van der Waals surface area (Å²) in [5.41, 5.74) is 1.31. The van der Waals surface area contributed by atoms with E-state index in [0.717, 1.165) is 69.0 Å². The van der Waals surface area contributed by atoms with Gasteiger partial charge >= 0.3 is 0 Å². The molecule has 2 aliphatic carbocycles. The monoisotopic (exact) mass is 427 g/mol. The van der Waals surface area contributed by atoms with Crippen molar-refractivity contribution in [1.29, 1.82) is 0 Å². The first-order valence-corrected chi connectivity index (χ1v) is 12.0. The predicted molar refractivity (Wildman–Crippen MR) is 123 cm³/mol. The molecular formula is C26H37NO4. The van der Waals surface area contributed by atoms with Crippen molar-refractivity contribution >= 4 is 0 Å². The number of hydrogen-bond acceptors (Lipinski definition) is 5. The zero-order valence-corrected chi connectivity index (χ0v) is 18.5. The second kappa shape index (κ2) is 10.2. The predicted octanol–water partition coefficient (Wildman–Crippen LogP) is 4.28. The number of aliphatic hydroxyl groups excluding tert-OH is 1. The van der Waals surface area contributed by atoms with Crippen LogP contribution in [0.1, 0.15) is 69.3 Å². The van der Waals surface area contributed by atoms with E-state index in [4.69, 9.17) is 4.74 Å². The molecule has 5 heteroatoms. The number of ether oxygens (including phenoxy) is 1. The molecule has 0 aromatic heterocycles. The summed E-state index contributed by atoms with van der Waals surface area (Å²) >= 11 is 0. The molecule has 1 saturated carbocycles. The lowest BCUT2D eigenvalue weighted by atomic mass is 9.72. The molecule has 170 valence electrons. The number of phenolic OH excluding ortho intramolecular Hbond substituents is 1. The molecule has 3 aliphatic rings. The highest BCUT2D eigenvalue weighted by Crippen LogP contribution is 2.42. The van der Waals surface area contributed by atoms with Gasteiger partial charge in [0.25, 0.3) is 0 Å². The Morgan fingerprint density at radius 3 is 2.68 bits per heavy atom. The van der Waals surface area contributed by atoms with E-state index in [1.54, 1.807) is 6.07 Å². The molecule has 31 heavy (non-hydrogen) atoms. The van der Waals surface area contributed by atoms with Crippen LogP contribution in [0.2, 0.25) is 0 Å². The Balaban J connectivity index is 1.51. The molecule has 1 aliphatic heterocycles. The molecule has 5 nitrogen and oxygen atoms in total. The van der Waals surface area contributed by atoms with Crippen LogP contribution in [-0.4, -0.2) is 58.2 Å². The summed E-state index contributed by atoms with van der Waals surface area (Å²) in [5, 5.41) is 32.4. The summed E-state index contributed by atoms with van der Waals surface area (Å²) < 4.78 is 5.87. The van der Waals surface area contributed by atoms with Gasteiger partial charge in [0.15, 0.2) is 11.5 Å². The van der Waals surface area contributed by atoms with Crippen molar-refractivity contribution < 1.29 is 20.1 Å². The number of aromatic hydroxyl groups is 1. The highest BCUT2D eigenvalue weighted by molar-refractivity contribution is 5.44. The molecule has 4 rings (SSSR count). The van der Waals surface area contributed by atoms with Gasteiger partial charge in [-0.05, 0) is 68.3 Å². The number of rotatable bonds is 7. The topological polar surface area (TPSA) is 73.2 Å². The van der Waals surface area contributed by atoms with Crippen LogP contribution in [-0.2, 0) is 0 Å². The maximum absolute atomic E-state index is 11.6. The van der Waals surface area contributed by atoms with Crippen LogP contribution in [0.15, 0.2) is 42.0 Å². The van der Waals surface area contributed by atoms with Crippen molar-refractivity contribution in [3.63, 3.8) is 0 Å². The Kier molecular flexibility index (Phi) is 7.36. The van der Waals surface area contributed by atoms with E-state index in [0.29, 0.717) is 25.4 Å². The van der Waals surface area contributed by atoms with Gasteiger partial charge in [-0.1, -0.05) is 43.6 Å². The molecule has 3 N–H and O–H groups in total. The Morgan fingerprint density at radius 2 is 1.97 bits per heavy atom. The maximum Gasteiger partial charge on any atom is 0.161 e. The van der Waals surface area contributed by atoms with Crippen LogP contribution in [0, 0.1) is 0 Å². The second-order valence-corrected chi connectivity index (χ2v) is 9.55. The van der Waals surface area contributed by atoms with E-state index in [1.807, 2.05) is 12.1 Å². The summed E-state index contributed by atoms with van der Waals surface area (Å²) in [6, 6.07) is 5.61. The summed E-state index contributed by atoms with van der Waals surface area (Å²) in [4.78, 5) is 2.27. The number of aliphatic hydroxyl groups is 2. The molecular weight excluding hydrogens is 390 g/mol. The van der Waals surface area contributed by atoms with E-state index in [2.05, 4.69) is 23.1 Å². The van der Waals surface area contributed by atoms with Crippen LogP contribution < -0.4 is 4.74 Å². The molecule has 1 heterocycles. The number of β-amino-alcohol motifs (C(OH)–C–C–N with tert-alkyl or cyclic N) is 1. The number of likely N-dealkylation sites (tertiary alicyclic amines) is 1. The highest BCUT2D eigenvalue weighted by atomic mass is 16.5. The first-order chi connectivity index (χ1) is 15.0. The Bertz CT molecular complexity index is 797. The van der Waals surface area contributed by atoms with Gasteiger partial charge in [0.05, 0.1) is 11.7 Å². The fourth-order valence-corrected chi connectivity index (χ4v) is 5.36. The zero-order chi connectivity index (χ0) is 21.7. The van der Waals surface area contributed by atoms with Crippen LogP contribution in [0.4, 0.5) is 0 Å². The molecule has 0 amide bonds. The van der Waals surface area contributed by atoms with Crippen LogP contribution >= 0.6 is 0 Å². The quantitative estimate of drug-likeness (QED) is 0.606. The average molecular weight is 428 g/mol. The third kappa shape index (κ3) is 5.71. The molecule has 0 bridgehead atoms. The summed E-state index contributed by atoms with van der Waals surface area (Å²) in [6.07, 6.45) is 14.9. The fraction of sp³-hybridized carbons (Fsp3) is 0.615. The SMILES string of the molecule is Oc1cc(C(CN2CCC[C@@H](O)C2)C2(O)CCCCC2)ccc1OCC1=CCCC=C1. The number of phenols is 1. The highest BCUT2D eigenvalue weighted by Gasteiger charge is 2.40. The van der Waals surface area contributed by atoms with E-state index < -0.39 is 5.60 Å². The van der Waals surface area contributed by atoms with Crippen molar-refractivity contribution in [2.24, 2.45) is 0 Å². The third-order valence-electron chi connectivity index (χ3n) is 7.14. The lowest BCUT2D eigenvalue weighted by molar-refractivity contribution is -0.0376. The molecule has 0 radical (unpaired) electrons. The zero-order valence-electron chi connectivity index (χ0n) is 18.5. The minimum Gasteiger partial charge on any atom is -0.504 e. The molecule has 1 unspecified atom stereocenters. The Hall–Kier alpha value is -1.82. The summed E-state index contributed by atoms with van der Waals surface area (Å²) in [5.74, 6) is 0.509.